The van der Waals surface area contributed by atoms with Crippen LogP contribution in [0.3, 0.4) is 0 Å². The molecular formula is C17H22N4OS. The molecule has 2 aromatic rings. The zero-order chi connectivity index (χ0) is 16.8. The Kier molecular flexibility index (Phi) is 5.98. The molecule has 122 valence electrons. The van der Waals surface area contributed by atoms with Gasteiger partial charge in [-0.1, -0.05) is 42.1 Å². The number of thioether (sulfide) groups is 1. The molecule has 0 spiro atoms. The molecule has 1 atom stereocenters. The Morgan fingerprint density at radius 3 is 2.83 bits per heavy atom. The van der Waals surface area contributed by atoms with Crippen LogP contribution in [0, 0.1) is 6.92 Å². The van der Waals surface area contributed by atoms with E-state index in [9.17, 15) is 4.79 Å². The molecule has 6 heteroatoms. The minimum Gasteiger partial charge on any atom is -0.352 e. The number of nitrogens with one attached hydrogen (secondary N) is 1. The first kappa shape index (κ1) is 17.3. The molecule has 1 aromatic heterocycles. The summed E-state index contributed by atoms with van der Waals surface area (Å²) in [5.74, 6) is 0.810. The first-order chi connectivity index (χ1) is 11.1. The van der Waals surface area contributed by atoms with Crippen molar-refractivity contribution in [1.82, 2.24) is 20.1 Å². The van der Waals surface area contributed by atoms with Gasteiger partial charge < -0.3 is 9.88 Å². The van der Waals surface area contributed by atoms with Crippen LogP contribution >= 0.6 is 11.8 Å². The lowest BCUT2D eigenvalue weighted by Gasteiger charge is -2.12. The van der Waals surface area contributed by atoms with Gasteiger partial charge in [0.2, 0.25) is 5.91 Å². The first-order valence-corrected chi connectivity index (χ1v) is 8.50. The van der Waals surface area contributed by atoms with Crippen LogP contribution in [0.15, 0.2) is 42.1 Å². The number of amides is 1. The van der Waals surface area contributed by atoms with E-state index in [1.165, 1.54) is 11.8 Å². The van der Waals surface area contributed by atoms with Gasteiger partial charge >= 0.3 is 0 Å². The second-order valence-electron chi connectivity index (χ2n) is 5.16. The van der Waals surface area contributed by atoms with Gasteiger partial charge in [0.1, 0.15) is 0 Å². The van der Waals surface area contributed by atoms with E-state index in [1.807, 2.05) is 29.7 Å². The van der Waals surface area contributed by atoms with E-state index in [1.54, 1.807) is 6.08 Å². The Morgan fingerprint density at radius 1 is 1.43 bits per heavy atom. The summed E-state index contributed by atoms with van der Waals surface area (Å²) in [6, 6.07) is 8.10. The molecule has 0 fully saturated rings. The Bertz CT molecular complexity index is 696. The number of carbonyl (C=O) groups is 1. The lowest BCUT2D eigenvalue weighted by Crippen LogP contribution is -2.31. The van der Waals surface area contributed by atoms with E-state index in [0.717, 1.165) is 28.7 Å². The molecule has 1 N–H and O–H groups in total. The summed E-state index contributed by atoms with van der Waals surface area (Å²) >= 11 is 1.42. The molecule has 1 amide bonds. The second kappa shape index (κ2) is 7.97. The van der Waals surface area contributed by atoms with Crippen LogP contribution in [-0.4, -0.2) is 32.5 Å². The lowest BCUT2D eigenvalue weighted by molar-refractivity contribution is -0.120. The molecule has 0 unspecified atom stereocenters. The van der Waals surface area contributed by atoms with Crippen molar-refractivity contribution in [2.45, 2.75) is 37.7 Å². The highest BCUT2D eigenvalue weighted by Crippen LogP contribution is 2.28. The van der Waals surface area contributed by atoms with E-state index in [2.05, 4.69) is 42.0 Å². The quantitative estimate of drug-likeness (QED) is 0.626. The highest BCUT2D eigenvalue weighted by atomic mass is 32.2. The number of hydrogen-bond acceptors (Lipinski definition) is 4. The van der Waals surface area contributed by atoms with Gasteiger partial charge in [-0.05, 0) is 26.3 Å². The minimum absolute atomic E-state index is 0.0296. The maximum absolute atomic E-state index is 12.0. The summed E-state index contributed by atoms with van der Waals surface area (Å²) in [7, 11) is 0. The third kappa shape index (κ3) is 4.01. The fourth-order valence-corrected chi connectivity index (χ4v) is 3.15. The van der Waals surface area contributed by atoms with Crippen LogP contribution in [0.4, 0.5) is 0 Å². The van der Waals surface area contributed by atoms with Crippen molar-refractivity contribution < 1.29 is 4.79 Å². The smallest absolute Gasteiger partial charge is 0.233 e. The maximum Gasteiger partial charge on any atom is 0.233 e. The van der Waals surface area contributed by atoms with Crippen LogP contribution in [0.5, 0.6) is 0 Å². The molecule has 1 heterocycles. The molecule has 0 aliphatic heterocycles. The van der Waals surface area contributed by atoms with Crippen molar-refractivity contribution >= 4 is 17.7 Å². The number of aryl methyl sites for hydroxylation is 1. The SMILES string of the molecule is C=CCNC(=O)[C@@H](C)Sc1nnc(-c2ccccc2C)n1CC. The Labute approximate surface area is 141 Å². The predicted molar refractivity (Wildman–Crippen MR) is 94.4 cm³/mol. The Balaban J connectivity index is 2.23. The third-order valence-corrected chi connectivity index (χ3v) is 4.57. The van der Waals surface area contributed by atoms with Crippen LogP contribution < -0.4 is 5.32 Å². The molecule has 0 saturated carbocycles. The summed E-state index contributed by atoms with van der Waals surface area (Å²) in [5, 5.41) is 11.9. The summed E-state index contributed by atoms with van der Waals surface area (Å²) in [5.41, 5.74) is 2.22. The molecule has 0 aliphatic rings. The first-order valence-electron chi connectivity index (χ1n) is 7.63. The molecular weight excluding hydrogens is 308 g/mol. The average molecular weight is 330 g/mol. The van der Waals surface area contributed by atoms with Gasteiger partial charge in [-0.3, -0.25) is 4.79 Å². The van der Waals surface area contributed by atoms with E-state index in [0.29, 0.717) is 6.54 Å². The normalized spacial score (nSPS) is 12.0. The number of aromatic nitrogens is 3. The number of rotatable bonds is 7. The van der Waals surface area contributed by atoms with Crippen molar-refractivity contribution in [3.63, 3.8) is 0 Å². The standard InChI is InChI=1S/C17H22N4OS/c1-5-11-18-16(22)13(4)23-17-20-19-15(21(17)6-2)14-10-8-7-9-12(14)3/h5,7-10,13H,1,6,11H2,2-4H3,(H,18,22)/t13-/m1/s1. The average Bonchev–Trinajstić information content (AvgIpc) is 2.95. The van der Waals surface area contributed by atoms with Crippen LogP contribution in [-0.2, 0) is 11.3 Å². The Morgan fingerprint density at radius 2 is 2.17 bits per heavy atom. The number of carbonyl (C=O) groups excluding carboxylic acids is 1. The molecule has 23 heavy (non-hydrogen) atoms. The van der Waals surface area contributed by atoms with Crippen LogP contribution in [0.2, 0.25) is 0 Å². The number of nitrogens with zero attached hydrogens (tertiary/aromatic N) is 3. The zero-order valence-electron chi connectivity index (χ0n) is 13.7. The summed E-state index contributed by atoms with van der Waals surface area (Å²) < 4.78 is 2.05. The van der Waals surface area contributed by atoms with E-state index in [4.69, 9.17) is 0 Å². The highest BCUT2D eigenvalue weighted by Gasteiger charge is 2.20. The molecule has 0 radical (unpaired) electrons. The highest BCUT2D eigenvalue weighted by molar-refractivity contribution is 8.00. The maximum atomic E-state index is 12.0. The predicted octanol–water partition coefficient (Wildman–Crippen LogP) is 3.06. The van der Waals surface area contributed by atoms with Gasteiger partial charge in [0.05, 0.1) is 5.25 Å². The molecule has 2 rings (SSSR count). The third-order valence-electron chi connectivity index (χ3n) is 3.49. The summed E-state index contributed by atoms with van der Waals surface area (Å²) in [6.45, 7) is 10.8. The fourth-order valence-electron chi connectivity index (χ4n) is 2.21. The molecule has 0 bridgehead atoms. The van der Waals surface area contributed by atoms with E-state index in [-0.39, 0.29) is 11.2 Å². The molecule has 1 aromatic carbocycles. The number of hydrogen-bond donors (Lipinski definition) is 1. The Hall–Kier alpha value is -2.08. The van der Waals surface area contributed by atoms with Gasteiger partial charge in [0.15, 0.2) is 11.0 Å². The van der Waals surface area contributed by atoms with Crippen molar-refractivity contribution in [2.75, 3.05) is 6.54 Å². The van der Waals surface area contributed by atoms with Gasteiger partial charge in [0.25, 0.3) is 0 Å². The van der Waals surface area contributed by atoms with Gasteiger partial charge in [0, 0.05) is 18.7 Å². The fraction of sp³-hybridized carbons (Fsp3) is 0.353. The molecule has 5 nitrogen and oxygen atoms in total. The lowest BCUT2D eigenvalue weighted by atomic mass is 10.1. The minimum atomic E-state index is -0.242. The van der Waals surface area contributed by atoms with Gasteiger partial charge in [-0.2, -0.15) is 0 Å². The van der Waals surface area contributed by atoms with Crippen LogP contribution in [0.1, 0.15) is 19.4 Å². The van der Waals surface area contributed by atoms with Crippen molar-refractivity contribution in [3.8, 4) is 11.4 Å². The van der Waals surface area contributed by atoms with Gasteiger partial charge in [-0.15, -0.1) is 16.8 Å². The monoisotopic (exact) mass is 330 g/mol. The summed E-state index contributed by atoms with van der Waals surface area (Å²) in [6.07, 6.45) is 1.67. The molecule has 0 aliphatic carbocycles. The van der Waals surface area contributed by atoms with Crippen molar-refractivity contribution in [1.29, 1.82) is 0 Å². The van der Waals surface area contributed by atoms with Crippen molar-refractivity contribution in [3.05, 3.63) is 42.5 Å². The summed E-state index contributed by atoms with van der Waals surface area (Å²) in [4.78, 5) is 12.0. The number of benzene rings is 1. The van der Waals surface area contributed by atoms with Gasteiger partial charge in [-0.25, -0.2) is 0 Å². The topological polar surface area (TPSA) is 59.8 Å². The second-order valence-corrected chi connectivity index (χ2v) is 6.47. The van der Waals surface area contributed by atoms with E-state index >= 15 is 0 Å². The van der Waals surface area contributed by atoms with Crippen molar-refractivity contribution in [2.24, 2.45) is 0 Å². The molecule has 0 saturated heterocycles. The van der Waals surface area contributed by atoms with E-state index < -0.39 is 0 Å². The van der Waals surface area contributed by atoms with Crippen LogP contribution in [0.25, 0.3) is 11.4 Å². The largest absolute Gasteiger partial charge is 0.352 e. The zero-order valence-corrected chi connectivity index (χ0v) is 14.6.